The number of aryl methyl sites for hydroxylation is 1. The molecule has 0 radical (unpaired) electrons. The van der Waals surface area contributed by atoms with Gasteiger partial charge in [-0.05, 0) is 59.6 Å². The average Bonchev–Trinajstić information content (AvgIpc) is 2.49. The van der Waals surface area contributed by atoms with Crippen molar-refractivity contribution in [1.29, 1.82) is 0 Å². The Bertz CT molecular complexity index is 680. The minimum absolute atomic E-state index is 0.0401. The van der Waals surface area contributed by atoms with Crippen LogP contribution in [0.25, 0.3) is 0 Å². The summed E-state index contributed by atoms with van der Waals surface area (Å²) in [5, 5.41) is 21.3. The van der Waals surface area contributed by atoms with Gasteiger partial charge in [-0.3, -0.25) is 0 Å². The van der Waals surface area contributed by atoms with Gasteiger partial charge in [-0.2, -0.15) is 9.37 Å². The van der Waals surface area contributed by atoms with E-state index >= 15 is 0 Å². The van der Waals surface area contributed by atoms with Crippen LogP contribution >= 0.6 is 0 Å². The lowest BCUT2D eigenvalue weighted by atomic mass is 9.79. The fraction of sp³-hybridized carbons (Fsp3) is 0.667. The third-order valence-electron chi connectivity index (χ3n) is 4.97. The van der Waals surface area contributed by atoms with Crippen LogP contribution in [0.2, 0.25) is 0 Å². The van der Waals surface area contributed by atoms with Gasteiger partial charge in [0.2, 0.25) is 10.0 Å². The molecule has 0 unspecified atom stereocenters. The molecule has 0 atom stereocenters. The van der Waals surface area contributed by atoms with Gasteiger partial charge in [0.25, 0.3) is 0 Å². The summed E-state index contributed by atoms with van der Waals surface area (Å²) in [7, 11) is -3.72. The molecule has 7 heteroatoms. The van der Waals surface area contributed by atoms with Crippen LogP contribution in [0.5, 0.6) is 0 Å². The van der Waals surface area contributed by atoms with Crippen molar-refractivity contribution >= 4 is 10.0 Å². The van der Waals surface area contributed by atoms with Crippen LogP contribution in [-0.4, -0.2) is 58.4 Å². The van der Waals surface area contributed by atoms with Gasteiger partial charge in [-0.15, -0.1) is 0 Å². The summed E-state index contributed by atoms with van der Waals surface area (Å²) in [6, 6.07) is 6.45. The van der Waals surface area contributed by atoms with Gasteiger partial charge >= 0.3 is 0 Å². The maximum atomic E-state index is 13.2. The van der Waals surface area contributed by atoms with E-state index in [-0.39, 0.29) is 24.1 Å². The quantitative estimate of drug-likeness (QED) is 0.832. The van der Waals surface area contributed by atoms with E-state index in [0.717, 1.165) is 5.56 Å². The molecule has 25 heavy (non-hydrogen) atoms. The molecular weight excluding hydrogens is 340 g/mol. The second-order valence-electron chi connectivity index (χ2n) is 8.15. The van der Waals surface area contributed by atoms with E-state index in [0.29, 0.717) is 12.8 Å². The number of aliphatic hydroxyl groups excluding tert-OH is 1. The molecule has 2 rings (SSSR count). The van der Waals surface area contributed by atoms with E-state index in [1.54, 1.807) is 24.3 Å². The molecule has 1 aliphatic rings. The number of nitrogens with zero attached hydrogens (tertiary/aromatic N) is 2. The van der Waals surface area contributed by atoms with Gasteiger partial charge in [0, 0.05) is 23.7 Å². The molecule has 1 aromatic carbocycles. The van der Waals surface area contributed by atoms with Crippen LogP contribution in [0.15, 0.2) is 29.2 Å². The molecule has 0 spiro atoms. The van der Waals surface area contributed by atoms with Gasteiger partial charge in [-0.25, -0.2) is 8.42 Å². The zero-order chi connectivity index (χ0) is 19.0. The highest BCUT2D eigenvalue weighted by Gasteiger charge is 2.48. The van der Waals surface area contributed by atoms with Crippen LogP contribution in [0.1, 0.15) is 46.1 Å². The molecule has 1 aliphatic heterocycles. The summed E-state index contributed by atoms with van der Waals surface area (Å²) in [6.45, 7) is 9.30. The first-order valence-corrected chi connectivity index (χ1v) is 10.0. The Kier molecular flexibility index (Phi) is 5.66. The first kappa shape index (κ1) is 20.3. The van der Waals surface area contributed by atoms with Gasteiger partial charge in [0.1, 0.15) is 0 Å². The van der Waals surface area contributed by atoms with Gasteiger partial charge in [0.15, 0.2) is 0 Å². The Hall–Kier alpha value is -0.990. The third kappa shape index (κ3) is 4.06. The van der Waals surface area contributed by atoms with Crippen LogP contribution in [0, 0.1) is 6.92 Å². The zero-order valence-corrected chi connectivity index (χ0v) is 16.5. The lowest BCUT2D eigenvalue weighted by Gasteiger charge is -2.53. The zero-order valence-electron chi connectivity index (χ0n) is 15.7. The molecular formula is C18H30N2O4S. The average molecular weight is 371 g/mol. The Morgan fingerprint density at radius 1 is 1.12 bits per heavy atom. The first-order valence-electron chi connectivity index (χ1n) is 8.60. The highest BCUT2D eigenvalue weighted by Crippen LogP contribution is 2.40. The number of hydroxylamine groups is 2. The largest absolute Gasteiger partial charge is 0.395 e. The lowest BCUT2D eigenvalue weighted by Crippen LogP contribution is -2.63. The maximum absolute atomic E-state index is 13.2. The highest BCUT2D eigenvalue weighted by molar-refractivity contribution is 7.89. The van der Waals surface area contributed by atoms with Crippen LogP contribution < -0.4 is 0 Å². The van der Waals surface area contributed by atoms with E-state index in [2.05, 4.69) is 0 Å². The number of benzene rings is 1. The summed E-state index contributed by atoms with van der Waals surface area (Å²) < 4.78 is 27.7. The minimum Gasteiger partial charge on any atom is -0.395 e. The van der Waals surface area contributed by atoms with Gasteiger partial charge in [-0.1, -0.05) is 17.7 Å². The summed E-state index contributed by atoms with van der Waals surface area (Å²) in [5.74, 6) is 0. The van der Waals surface area contributed by atoms with Crippen LogP contribution in [0.3, 0.4) is 0 Å². The SMILES string of the molecule is Cc1ccc(S(=O)(=O)N(CCO)C2CC(C)(C)N(O)C(C)(C)C2)cc1. The van der Waals surface area contributed by atoms with E-state index < -0.39 is 21.1 Å². The van der Waals surface area contributed by atoms with Crippen molar-refractivity contribution in [3.63, 3.8) is 0 Å². The molecule has 1 saturated heterocycles. The molecule has 0 bridgehead atoms. The summed E-state index contributed by atoms with van der Waals surface area (Å²) >= 11 is 0. The van der Waals surface area contributed by atoms with E-state index in [1.165, 1.54) is 9.37 Å². The summed E-state index contributed by atoms with van der Waals surface area (Å²) in [4.78, 5) is 0.230. The fourth-order valence-corrected chi connectivity index (χ4v) is 5.48. The highest BCUT2D eigenvalue weighted by atomic mass is 32.2. The van der Waals surface area contributed by atoms with Crippen LogP contribution in [0.4, 0.5) is 0 Å². The van der Waals surface area contributed by atoms with E-state index in [4.69, 9.17) is 0 Å². The number of aliphatic hydroxyl groups is 1. The molecule has 0 aromatic heterocycles. The van der Waals surface area contributed by atoms with Gasteiger partial charge in [0.05, 0.1) is 11.5 Å². The van der Waals surface area contributed by atoms with Crippen molar-refractivity contribution in [3.8, 4) is 0 Å². The van der Waals surface area contributed by atoms with Crippen molar-refractivity contribution in [2.75, 3.05) is 13.2 Å². The molecule has 6 nitrogen and oxygen atoms in total. The topological polar surface area (TPSA) is 81.1 Å². The second kappa shape index (κ2) is 6.96. The van der Waals surface area contributed by atoms with Crippen molar-refractivity contribution in [1.82, 2.24) is 9.37 Å². The van der Waals surface area contributed by atoms with Gasteiger partial charge < -0.3 is 10.3 Å². The molecule has 0 aliphatic carbocycles. The Labute approximate surface area is 151 Å². The predicted molar refractivity (Wildman–Crippen MR) is 97.0 cm³/mol. The fourth-order valence-electron chi connectivity index (χ4n) is 3.86. The summed E-state index contributed by atoms with van der Waals surface area (Å²) in [6.07, 6.45) is 0.968. The lowest BCUT2D eigenvalue weighted by molar-refractivity contribution is -0.249. The smallest absolute Gasteiger partial charge is 0.243 e. The predicted octanol–water partition coefficient (Wildman–Crippen LogP) is 2.39. The maximum Gasteiger partial charge on any atom is 0.243 e. The Morgan fingerprint density at radius 3 is 2.04 bits per heavy atom. The number of sulfonamides is 1. The van der Waals surface area contributed by atoms with Crippen molar-refractivity contribution < 1.29 is 18.7 Å². The summed E-state index contributed by atoms with van der Waals surface area (Å²) in [5.41, 5.74) is -0.144. The monoisotopic (exact) mass is 370 g/mol. The molecule has 1 aromatic rings. The number of piperidine rings is 1. The van der Waals surface area contributed by atoms with Crippen molar-refractivity contribution in [2.24, 2.45) is 0 Å². The van der Waals surface area contributed by atoms with Crippen molar-refractivity contribution in [2.45, 2.75) is 69.5 Å². The molecule has 142 valence electrons. The van der Waals surface area contributed by atoms with Crippen molar-refractivity contribution in [3.05, 3.63) is 29.8 Å². The minimum atomic E-state index is -3.72. The molecule has 0 saturated carbocycles. The number of hydrogen-bond donors (Lipinski definition) is 2. The first-order chi connectivity index (χ1) is 11.4. The Balaban J connectivity index is 2.42. The molecule has 1 heterocycles. The third-order valence-corrected chi connectivity index (χ3v) is 6.94. The van der Waals surface area contributed by atoms with E-state index in [9.17, 15) is 18.7 Å². The van der Waals surface area contributed by atoms with E-state index in [1.807, 2.05) is 34.6 Å². The normalized spacial score (nSPS) is 21.6. The molecule has 2 N–H and O–H groups in total. The molecule has 0 amide bonds. The number of rotatable bonds is 5. The standard InChI is InChI=1S/C18H30N2O4S/c1-14-6-8-16(9-7-14)25(23,24)19(10-11-21)15-12-17(2,3)20(22)18(4,5)13-15/h6-9,15,21-22H,10-13H2,1-5H3. The second-order valence-corrected chi connectivity index (χ2v) is 10.0. The number of hydrogen-bond acceptors (Lipinski definition) is 5. The molecule has 1 fully saturated rings. The van der Waals surface area contributed by atoms with Crippen LogP contribution in [-0.2, 0) is 10.0 Å². The Morgan fingerprint density at radius 2 is 1.60 bits per heavy atom.